The maximum atomic E-state index is 6.53. The molecule has 0 N–H and O–H groups in total. The normalized spacial score (nSPS) is 24.6. The molecule has 0 saturated heterocycles. The molecule has 11 fully saturated rings. The van der Waals surface area contributed by atoms with Crippen LogP contribution in [0.15, 0.2) is 54.6 Å². The lowest BCUT2D eigenvalue weighted by atomic mass is 9.58. The van der Waals surface area contributed by atoms with Gasteiger partial charge in [0.2, 0.25) is 0 Å². The Labute approximate surface area is 852 Å². The van der Waals surface area contributed by atoms with Crippen LogP contribution in [-0.2, 0) is 39.8 Å². The zero-order valence-electron chi connectivity index (χ0n) is 96.2. The summed E-state index contributed by atoms with van der Waals surface area (Å²) < 4.78 is 43.6. The first-order valence-electron chi connectivity index (χ1n) is 60.3. The molecule has 11 aliphatic carbocycles. The van der Waals surface area contributed by atoms with E-state index in [9.17, 15) is 0 Å². The number of ether oxygens (including phenoxy) is 7. The highest BCUT2D eigenvalue weighted by atomic mass is 16.5. The molecule has 0 heterocycles. The molecule has 0 radical (unpaired) electrons. The maximum Gasteiger partial charge on any atom is 0.0732 e. The van der Waals surface area contributed by atoms with Gasteiger partial charge >= 0.3 is 0 Å². The van der Waals surface area contributed by atoms with E-state index in [4.69, 9.17) is 33.2 Å². The number of fused-ring (bicyclic) bond motifs is 7. The van der Waals surface area contributed by atoms with E-state index in [1.165, 1.54) is 374 Å². The fourth-order valence-corrected chi connectivity index (χ4v) is 29.2. The highest BCUT2D eigenvalue weighted by molar-refractivity contribution is 6.02. The third-order valence-electron chi connectivity index (χ3n) is 37.0. The Morgan fingerprint density at radius 3 is 0.985 bits per heavy atom. The van der Waals surface area contributed by atoms with Crippen molar-refractivity contribution in [3.63, 3.8) is 0 Å². The van der Waals surface area contributed by atoms with Gasteiger partial charge in [-0.2, -0.15) is 0 Å². The molecule has 3 aromatic rings. The van der Waals surface area contributed by atoms with E-state index >= 15 is 0 Å². The quantitative estimate of drug-likeness (QED) is 0.0533. The van der Waals surface area contributed by atoms with Gasteiger partial charge in [0.15, 0.2) is 0 Å². The first kappa shape index (κ1) is 120. The van der Waals surface area contributed by atoms with Crippen LogP contribution in [-0.4, -0.2) is 80.9 Å². The lowest BCUT2D eigenvalue weighted by Gasteiger charge is -2.48. The van der Waals surface area contributed by atoms with Crippen molar-refractivity contribution in [3.05, 3.63) is 60.2 Å². The van der Waals surface area contributed by atoms with Crippen molar-refractivity contribution in [1.82, 2.24) is 0 Å². The Morgan fingerprint density at radius 2 is 0.613 bits per heavy atom. The molecule has 11 aliphatic rings. The first-order chi connectivity index (χ1) is 65.0. The van der Waals surface area contributed by atoms with Crippen molar-refractivity contribution in [2.24, 2.45) is 109 Å². The van der Waals surface area contributed by atoms with E-state index in [0.717, 1.165) is 91.8 Å². The highest BCUT2D eigenvalue weighted by Gasteiger charge is 2.55. The van der Waals surface area contributed by atoms with Gasteiger partial charge in [-0.3, -0.25) is 0 Å². The van der Waals surface area contributed by atoms with Crippen LogP contribution in [0.4, 0.5) is 0 Å². The molecule has 0 amide bonds. The Hall–Kier alpha value is -2.10. The molecule has 13 atom stereocenters. The van der Waals surface area contributed by atoms with E-state index in [2.05, 4.69) is 242 Å². The third kappa shape index (κ3) is 44.5. The first-order valence-corrected chi connectivity index (χ1v) is 60.3. The summed E-state index contributed by atoms with van der Waals surface area (Å²) in [6, 6.07) is 19.7. The average molecular weight is 1910 g/mol. The van der Waals surface area contributed by atoms with E-state index in [-0.39, 0.29) is 6.10 Å². The summed E-state index contributed by atoms with van der Waals surface area (Å²) >= 11 is 0. The van der Waals surface area contributed by atoms with Gasteiger partial charge in [0.1, 0.15) is 0 Å². The number of hydrogen-bond acceptors (Lipinski definition) is 7. The second kappa shape index (κ2) is 61.0. The Bertz CT molecular complexity index is 3450. The monoisotopic (exact) mass is 1910 g/mol. The third-order valence-corrected chi connectivity index (χ3v) is 37.0. The number of hydrogen-bond donors (Lipinski definition) is 0. The number of benzene rings is 3. The lowest BCUT2D eigenvalue weighted by Crippen LogP contribution is -2.40. The molecule has 7 heteroatoms. The summed E-state index contributed by atoms with van der Waals surface area (Å²) in [5.41, 5.74) is 4.25. The predicted molar refractivity (Wildman–Crippen MR) is 596 cm³/mol. The summed E-state index contributed by atoms with van der Waals surface area (Å²) in [5.74, 6) is 11.1. The molecule has 2 bridgehead atoms. The van der Waals surface area contributed by atoms with Gasteiger partial charge in [-0.25, -0.2) is 0 Å². The van der Waals surface area contributed by atoms with Crippen molar-refractivity contribution in [1.29, 1.82) is 0 Å². The van der Waals surface area contributed by atoms with Gasteiger partial charge in [-0.05, 0) is 345 Å². The zero-order valence-corrected chi connectivity index (χ0v) is 96.2. The minimum atomic E-state index is 0.277. The Morgan fingerprint density at radius 1 is 0.292 bits per heavy atom. The fourth-order valence-electron chi connectivity index (χ4n) is 29.2. The standard InChI is InChI=1S/C28H36O.C25H46O.C19H38O.C17H30O.C15H30O.2C13H26O/c1-4-28(3,24-14-6-5-7-15-24)19-21(2)29-20-27-25-16-10-8-12-22(25)18-23-13-9-11-17-26(23)27;1-21(26-19-18-22-12-6-3-7-13-22)20-25(2,23-14-8-4-9-15-23)24-16-10-5-11-17-24;1-15(2)19(6,16(3)4)14-17(5)20-13-12-18-10-8-7-9-11-18;1-11(10-17(2,3)4)18-16-9-12-8-15(16)14-7-5-6-13(12)14;1-13(12-15(2,3)4)16-11-10-14-8-6-5-7-9-14;2*1-11(10-13(2,3)4)14-12-8-6-5-7-9-12/h8-13,16-18,21,24H,4-7,14-15,19-20H2,1-3H3;21-24H,3-20H2,1-2H3;15-18H,7-14H2,1-6H3;11-16H,5-10H2,1-4H3;13-14H,5-12H2,1-4H3;2*11-12H,5-10H2,1-4H3. The van der Waals surface area contributed by atoms with Gasteiger partial charge in [-0.15, -0.1) is 0 Å². The second-order valence-electron chi connectivity index (χ2n) is 54.9. The van der Waals surface area contributed by atoms with E-state index < -0.39 is 0 Å². The topological polar surface area (TPSA) is 64.6 Å². The number of rotatable bonds is 37. The van der Waals surface area contributed by atoms with Crippen LogP contribution in [0.1, 0.15) is 552 Å². The van der Waals surface area contributed by atoms with Crippen molar-refractivity contribution in [2.75, 3.05) is 19.8 Å². The Kier molecular flexibility index (Phi) is 53.5. The summed E-state index contributed by atoms with van der Waals surface area (Å²) in [5, 5.41) is 5.25. The van der Waals surface area contributed by atoms with Gasteiger partial charge < -0.3 is 33.2 Å². The largest absolute Gasteiger partial charge is 0.378 e. The Balaban J connectivity index is 0.000000200. The minimum Gasteiger partial charge on any atom is -0.378 e. The highest BCUT2D eigenvalue weighted by Crippen LogP contribution is 2.60. The average Bonchev–Trinajstić information content (AvgIpc) is 1.58. The van der Waals surface area contributed by atoms with Crippen molar-refractivity contribution < 1.29 is 33.2 Å². The molecule has 14 rings (SSSR count). The lowest BCUT2D eigenvalue weighted by molar-refractivity contribution is -0.0627. The molecular weight excluding hydrogens is 1670 g/mol. The molecule has 0 aliphatic heterocycles. The van der Waals surface area contributed by atoms with Gasteiger partial charge in [0.25, 0.3) is 0 Å². The molecule has 137 heavy (non-hydrogen) atoms. The smallest absolute Gasteiger partial charge is 0.0732 e. The van der Waals surface area contributed by atoms with Crippen LogP contribution in [0.2, 0.25) is 0 Å². The summed E-state index contributed by atoms with van der Waals surface area (Å²) in [6.07, 6.45) is 82.5. The van der Waals surface area contributed by atoms with Crippen LogP contribution in [0, 0.1) is 109 Å². The summed E-state index contributed by atoms with van der Waals surface area (Å²) in [6.45, 7) is 66.5. The van der Waals surface area contributed by atoms with Gasteiger partial charge in [-0.1, -0.05) is 392 Å². The molecule has 794 valence electrons. The molecule has 11 saturated carbocycles. The predicted octanol–water partition coefficient (Wildman–Crippen LogP) is 40.0. The molecular formula is C130H232O7. The zero-order chi connectivity index (χ0) is 99.8. The van der Waals surface area contributed by atoms with Crippen LogP contribution < -0.4 is 0 Å². The fraction of sp³-hybridized carbons (Fsp3) is 0.892. The van der Waals surface area contributed by atoms with Crippen molar-refractivity contribution in [3.8, 4) is 0 Å². The van der Waals surface area contributed by atoms with E-state index in [1.807, 2.05) is 0 Å². The van der Waals surface area contributed by atoms with Crippen LogP contribution >= 0.6 is 0 Å². The van der Waals surface area contributed by atoms with Crippen LogP contribution in [0.25, 0.3) is 21.5 Å². The second-order valence-corrected chi connectivity index (χ2v) is 54.9. The molecule has 7 nitrogen and oxygen atoms in total. The van der Waals surface area contributed by atoms with Crippen LogP contribution in [0.3, 0.4) is 0 Å². The summed E-state index contributed by atoms with van der Waals surface area (Å²) in [7, 11) is 0. The van der Waals surface area contributed by atoms with Gasteiger partial charge in [0.05, 0.1) is 67.6 Å². The van der Waals surface area contributed by atoms with Crippen molar-refractivity contribution >= 4 is 21.5 Å². The van der Waals surface area contributed by atoms with E-state index in [1.54, 1.807) is 0 Å². The maximum absolute atomic E-state index is 6.53. The minimum absolute atomic E-state index is 0.277. The van der Waals surface area contributed by atoms with Crippen LogP contribution in [0.5, 0.6) is 0 Å². The van der Waals surface area contributed by atoms with Crippen molar-refractivity contribution in [2.45, 2.75) is 614 Å². The molecule has 0 aromatic heterocycles. The summed E-state index contributed by atoms with van der Waals surface area (Å²) in [4.78, 5) is 0. The molecule has 13 unspecified atom stereocenters. The van der Waals surface area contributed by atoms with E-state index in [0.29, 0.717) is 111 Å². The van der Waals surface area contributed by atoms with Gasteiger partial charge in [0, 0.05) is 19.8 Å². The molecule has 0 spiro atoms. The SMILES string of the molecule is CC(CC(C)(C(C)C)C(C)C)OCCC1CCCCC1.CC(CC(C)(C)C)OC1CC2CC1C1CCCC21.CC(CC(C)(C)C)OC1CCCCC1.CC(CC(C)(C)C)OC1CCCCC1.CC(CC(C)(C)C)OCCC1CCCCC1.CC(CC(C)(C1CCCCC1)C1CCCCC1)OCCC1CCCCC1.CCC(C)(CC(C)OCc1c2ccccc2cc2ccccc12)C1CCCCC1. The molecule has 3 aromatic carbocycles.